The Kier molecular flexibility index (Phi) is 7.74. The van der Waals surface area contributed by atoms with Gasteiger partial charge in [-0.2, -0.15) is 0 Å². The highest BCUT2D eigenvalue weighted by Gasteiger charge is 2.02. The first kappa shape index (κ1) is 16.5. The molecular weight excluding hydrogens is 254 g/mol. The molecule has 0 heterocycles. The summed E-state index contributed by atoms with van der Waals surface area (Å²) in [5, 5.41) is 17.9. The van der Waals surface area contributed by atoms with Gasteiger partial charge in [-0.15, -0.1) is 0 Å². The van der Waals surface area contributed by atoms with Crippen molar-refractivity contribution < 1.29 is 14.9 Å². The topological polar surface area (TPSA) is 52.9 Å². The molecule has 0 saturated carbocycles. The quantitative estimate of drug-likeness (QED) is 0.733. The first-order valence-electron chi connectivity index (χ1n) is 6.81. The van der Waals surface area contributed by atoms with Crippen molar-refractivity contribution in [1.29, 1.82) is 0 Å². The molecule has 0 fully saturated rings. The number of hydrogen-bond acceptors (Lipinski definition) is 4. The van der Waals surface area contributed by atoms with E-state index in [1.54, 1.807) is 6.92 Å². The lowest BCUT2D eigenvalue weighted by Crippen LogP contribution is -2.30. The summed E-state index contributed by atoms with van der Waals surface area (Å²) < 4.78 is 5.63. The molecule has 110 valence electrons. The van der Waals surface area contributed by atoms with Crippen LogP contribution in [0.3, 0.4) is 0 Å². The van der Waals surface area contributed by atoms with E-state index in [4.69, 9.17) is 9.84 Å². The van der Waals surface area contributed by atoms with Gasteiger partial charge >= 0.3 is 0 Å². The number of benzene rings is 1. The van der Waals surface area contributed by atoms with Crippen molar-refractivity contribution in [1.82, 2.24) is 4.90 Å². The Hall–Kier alpha value is -1.54. The molecule has 20 heavy (non-hydrogen) atoms. The highest BCUT2D eigenvalue weighted by Crippen LogP contribution is 2.11. The van der Waals surface area contributed by atoms with Gasteiger partial charge in [0.15, 0.2) is 0 Å². The fraction of sp³-hybridized carbons (Fsp3) is 0.500. The number of hydrogen-bond donors (Lipinski definition) is 2. The van der Waals surface area contributed by atoms with Crippen molar-refractivity contribution in [3.63, 3.8) is 0 Å². The lowest BCUT2D eigenvalue weighted by atomic mass is 10.2. The fourth-order valence-corrected chi connectivity index (χ4v) is 1.72. The van der Waals surface area contributed by atoms with Crippen molar-refractivity contribution in [2.24, 2.45) is 0 Å². The van der Waals surface area contributed by atoms with Crippen LogP contribution in [0.25, 0.3) is 0 Å². The first-order valence-corrected chi connectivity index (χ1v) is 6.81. The third-order valence-electron chi connectivity index (χ3n) is 2.64. The number of rotatable bonds is 7. The molecule has 1 aromatic carbocycles. The standard InChI is InChI=1S/C16H23NO3/c1-14(19)13-17(2)10-12-20-16-8-6-15(7-9-16)5-3-4-11-18/h6-9,14,18-19H,4,10-13H2,1-2H3. The third kappa shape index (κ3) is 7.15. The van der Waals surface area contributed by atoms with Crippen LogP contribution < -0.4 is 4.74 Å². The summed E-state index contributed by atoms with van der Waals surface area (Å²) in [6.45, 7) is 3.85. The molecule has 0 saturated heterocycles. The molecule has 0 aromatic heterocycles. The monoisotopic (exact) mass is 277 g/mol. The van der Waals surface area contributed by atoms with E-state index in [1.807, 2.05) is 36.2 Å². The summed E-state index contributed by atoms with van der Waals surface area (Å²) in [5.41, 5.74) is 0.914. The summed E-state index contributed by atoms with van der Waals surface area (Å²) in [7, 11) is 1.95. The minimum atomic E-state index is -0.322. The number of likely N-dealkylation sites (N-methyl/N-ethyl adjacent to an activating group) is 1. The molecule has 0 bridgehead atoms. The van der Waals surface area contributed by atoms with Crippen LogP contribution in [0.4, 0.5) is 0 Å². The van der Waals surface area contributed by atoms with Crippen molar-refractivity contribution in [3.8, 4) is 17.6 Å². The van der Waals surface area contributed by atoms with Gasteiger partial charge in [-0.05, 0) is 38.2 Å². The largest absolute Gasteiger partial charge is 0.492 e. The Morgan fingerprint density at radius 3 is 2.60 bits per heavy atom. The van der Waals surface area contributed by atoms with Gasteiger partial charge in [0.25, 0.3) is 0 Å². The third-order valence-corrected chi connectivity index (χ3v) is 2.64. The maximum Gasteiger partial charge on any atom is 0.119 e. The molecule has 0 amide bonds. The van der Waals surface area contributed by atoms with Gasteiger partial charge in [0.05, 0.1) is 12.7 Å². The van der Waals surface area contributed by atoms with Crippen LogP contribution in [0.15, 0.2) is 24.3 Å². The van der Waals surface area contributed by atoms with Gasteiger partial charge in [-0.3, -0.25) is 0 Å². The van der Waals surface area contributed by atoms with E-state index >= 15 is 0 Å². The lowest BCUT2D eigenvalue weighted by molar-refractivity contribution is 0.131. The SMILES string of the molecule is CC(O)CN(C)CCOc1ccc(C#CCCO)cc1. The van der Waals surface area contributed by atoms with Gasteiger partial charge in [0.2, 0.25) is 0 Å². The van der Waals surface area contributed by atoms with E-state index < -0.39 is 0 Å². The fourth-order valence-electron chi connectivity index (χ4n) is 1.72. The van der Waals surface area contributed by atoms with Crippen molar-refractivity contribution in [3.05, 3.63) is 29.8 Å². The Balaban J connectivity index is 2.33. The predicted molar refractivity (Wildman–Crippen MR) is 79.7 cm³/mol. The van der Waals surface area contributed by atoms with Gasteiger partial charge < -0.3 is 19.8 Å². The van der Waals surface area contributed by atoms with E-state index in [0.717, 1.165) is 17.9 Å². The summed E-state index contributed by atoms with van der Waals surface area (Å²) in [6.07, 6.45) is 0.171. The summed E-state index contributed by atoms with van der Waals surface area (Å²) in [5.74, 6) is 6.65. The van der Waals surface area contributed by atoms with E-state index in [-0.39, 0.29) is 12.7 Å². The van der Waals surface area contributed by atoms with Gasteiger partial charge in [0, 0.05) is 25.1 Å². The van der Waals surface area contributed by atoms with Gasteiger partial charge in [-0.1, -0.05) is 11.8 Å². The molecule has 1 aromatic rings. The minimum absolute atomic E-state index is 0.0914. The van der Waals surface area contributed by atoms with E-state index in [1.165, 1.54) is 0 Å². The smallest absolute Gasteiger partial charge is 0.119 e. The van der Waals surface area contributed by atoms with E-state index in [2.05, 4.69) is 11.8 Å². The summed E-state index contributed by atoms with van der Waals surface area (Å²) in [6, 6.07) is 7.58. The molecule has 0 radical (unpaired) electrons. The highest BCUT2D eigenvalue weighted by atomic mass is 16.5. The van der Waals surface area contributed by atoms with Crippen LogP contribution in [0.5, 0.6) is 5.75 Å². The number of aliphatic hydroxyl groups excluding tert-OH is 2. The molecule has 1 unspecified atom stereocenters. The second-order valence-electron chi connectivity index (χ2n) is 4.76. The molecule has 4 nitrogen and oxygen atoms in total. The Bertz CT molecular complexity index is 431. The Morgan fingerprint density at radius 2 is 2.00 bits per heavy atom. The highest BCUT2D eigenvalue weighted by molar-refractivity contribution is 5.38. The zero-order chi connectivity index (χ0) is 14.8. The second-order valence-corrected chi connectivity index (χ2v) is 4.76. The predicted octanol–water partition coefficient (Wildman–Crippen LogP) is 1.11. The molecule has 0 aliphatic heterocycles. The molecule has 0 spiro atoms. The van der Waals surface area contributed by atoms with Crippen molar-refractivity contribution in [2.75, 3.05) is 33.4 Å². The number of nitrogens with zero attached hydrogens (tertiary/aromatic N) is 1. The van der Waals surface area contributed by atoms with E-state index in [0.29, 0.717) is 19.6 Å². The zero-order valence-corrected chi connectivity index (χ0v) is 12.2. The average Bonchev–Trinajstić information content (AvgIpc) is 2.40. The first-order chi connectivity index (χ1) is 9.61. The lowest BCUT2D eigenvalue weighted by Gasteiger charge is -2.18. The maximum absolute atomic E-state index is 9.25. The summed E-state index contributed by atoms with van der Waals surface area (Å²) in [4.78, 5) is 2.03. The minimum Gasteiger partial charge on any atom is -0.492 e. The Labute approximate surface area is 121 Å². The van der Waals surface area contributed by atoms with Crippen molar-refractivity contribution >= 4 is 0 Å². The maximum atomic E-state index is 9.25. The number of ether oxygens (including phenoxy) is 1. The van der Waals surface area contributed by atoms with Crippen molar-refractivity contribution in [2.45, 2.75) is 19.4 Å². The van der Waals surface area contributed by atoms with Crippen LogP contribution >= 0.6 is 0 Å². The van der Waals surface area contributed by atoms with E-state index in [9.17, 15) is 5.11 Å². The zero-order valence-electron chi connectivity index (χ0n) is 12.2. The molecule has 4 heteroatoms. The van der Waals surface area contributed by atoms with Crippen LogP contribution in [0, 0.1) is 11.8 Å². The normalized spacial score (nSPS) is 11.8. The van der Waals surface area contributed by atoms with Crippen LogP contribution in [0.1, 0.15) is 18.9 Å². The molecule has 0 aliphatic rings. The Morgan fingerprint density at radius 1 is 1.30 bits per heavy atom. The molecule has 0 aliphatic carbocycles. The number of aliphatic hydroxyl groups is 2. The second kappa shape index (κ2) is 9.38. The molecule has 1 atom stereocenters. The molecule has 2 N–H and O–H groups in total. The van der Waals surface area contributed by atoms with Crippen LogP contribution in [-0.2, 0) is 0 Å². The average molecular weight is 277 g/mol. The van der Waals surface area contributed by atoms with Gasteiger partial charge in [-0.25, -0.2) is 0 Å². The van der Waals surface area contributed by atoms with Crippen LogP contribution in [0.2, 0.25) is 0 Å². The van der Waals surface area contributed by atoms with Gasteiger partial charge in [0.1, 0.15) is 12.4 Å². The molecular formula is C16H23NO3. The summed E-state index contributed by atoms with van der Waals surface area (Å²) >= 11 is 0. The molecule has 1 rings (SSSR count). The van der Waals surface area contributed by atoms with Crippen LogP contribution in [-0.4, -0.2) is 54.6 Å².